The van der Waals surface area contributed by atoms with Crippen LogP contribution in [0.5, 0.6) is 0 Å². The molecule has 0 aliphatic carbocycles. The molecule has 9 nitrogen and oxygen atoms in total. The van der Waals surface area contributed by atoms with Gasteiger partial charge in [0.25, 0.3) is 17.3 Å². The fourth-order valence-electron chi connectivity index (χ4n) is 2.46. The zero-order valence-electron chi connectivity index (χ0n) is 12.1. The van der Waals surface area contributed by atoms with E-state index in [9.17, 15) is 25.0 Å². The van der Waals surface area contributed by atoms with Crippen molar-refractivity contribution < 1.29 is 19.4 Å². The lowest BCUT2D eigenvalue weighted by atomic mass is 10.1. The first kappa shape index (κ1) is 15.8. The molecule has 2 rings (SSSR count). The van der Waals surface area contributed by atoms with E-state index >= 15 is 0 Å². The molecule has 0 unspecified atom stereocenters. The van der Waals surface area contributed by atoms with Crippen molar-refractivity contribution in [2.45, 2.75) is 26.1 Å². The molecule has 1 aliphatic rings. The minimum Gasteiger partial charge on any atom is -0.372 e. The van der Waals surface area contributed by atoms with E-state index in [-0.39, 0.29) is 17.8 Å². The molecule has 2 atom stereocenters. The summed E-state index contributed by atoms with van der Waals surface area (Å²) in [6.45, 7) is 4.29. The van der Waals surface area contributed by atoms with Crippen LogP contribution in [0.25, 0.3) is 0 Å². The second-order valence-corrected chi connectivity index (χ2v) is 5.22. The number of hydrogen-bond acceptors (Lipinski definition) is 6. The average molecular weight is 309 g/mol. The summed E-state index contributed by atoms with van der Waals surface area (Å²) in [6, 6.07) is 2.95. The Labute approximate surface area is 125 Å². The number of ether oxygens (including phenoxy) is 1. The summed E-state index contributed by atoms with van der Waals surface area (Å²) in [5.74, 6) is -0.478. The number of carbonyl (C=O) groups is 1. The summed E-state index contributed by atoms with van der Waals surface area (Å²) in [5.41, 5.74) is -1.03. The van der Waals surface area contributed by atoms with Gasteiger partial charge in [0.15, 0.2) is 0 Å². The molecule has 0 N–H and O–H groups in total. The summed E-state index contributed by atoms with van der Waals surface area (Å²) in [7, 11) is 0. The van der Waals surface area contributed by atoms with Gasteiger partial charge in [-0.1, -0.05) is 0 Å². The third-order valence-corrected chi connectivity index (χ3v) is 3.28. The Balaban J connectivity index is 2.36. The molecular weight excluding hydrogens is 294 g/mol. The maximum Gasteiger partial charge on any atom is 0.277 e. The number of hydrogen-bond donors (Lipinski definition) is 0. The lowest BCUT2D eigenvalue weighted by molar-refractivity contribution is -0.394. The number of nitrogens with zero attached hydrogens (tertiary/aromatic N) is 3. The van der Waals surface area contributed by atoms with Crippen LogP contribution in [0.3, 0.4) is 0 Å². The smallest absolute Gasteiger partial charge is 0.277 e. The minimum atomic E-state index is -0.756. The molecule has 1 aromatic rings. The first-order chi connectivity index (χ1) is 10.3. The highest BCUT2D eigenvalue weighted by Gasteiger charge is 2.28. The van der Waals surface area contributed by atoms with E-state index in [4.69, 9.17) is 4.74 Å². The molecule has 0 radical (unpaired) electrons. The van der Waals surface area contributed by atoms with E-state index in [1.54, 1.807) is 0 Å². The average Bonchev–Trinajstić information content (AvgIpc) is 2.44. The molecule has 0 spiro atoms. The third kappa shape index (κ3) is 3.37. The van der Waals surface area contributed by atoms with Crippen molar-refractivity contribution in [3.05, 3.63) is 44.0 Å². The van der Waals surface area contributed by atoms with Gasteiger partial charge in [-0.3, -0.25) is 25.0 Å². The van der Waals surface area contributed by atoms with E-state index in [1.165, 1.54) is 4.90 Å². The van der Waals surface area contributed by atoms with Crippen LogP contribution in [0.4, 0.5) is 11.4 Å². The van der Waals surface area contributed by atoms with Gasteiger partial charge in [0.1, 0.15) is 0 Å². The number of amides is 1. The fourth-order valence-corrected chi connectivity index (χ4v) is 2.46. The first-order valence-electron chi connectivity index (χ1n) is 6.66. The van der Waals surface area contributed by atoms with Gasteiger partial charge in [0.05, 0.1) is 33.7 Å². The van der Waals surface area contributed by atoms with Gasteiger partial charge in [0, 0.05) is 25.2 Å². The Morgan fingerprint density at radius 2 is 1.55 bits per heavy atom. The lowest BCUT2D eigenvalue weighted by Gasteiger charge is -2.35. The zero-order chi connectivity index (χ0) is 16.4. The standard InChI is InChI=1S/C13H15N3O6/c1-8-6-14(7-9(2)22-8)13(17)10-3-11(15(18)19)5-12(4-10)16(20)21/h3-5,8-9H,6-7H2,1-2H3/t8-,9+. The molecule has 1 aromatic carbocycles. The van der Waals surface area contributed by atoms with Crippen molar-refractivity contribution in [2.75, 3.05) is 13.1 Å². The predicted molar refractivity (Wildman–Crippen MR) is 75.7 cm³/mol. The molecule has 1 amide bonds. The number of morpholine rings is 1. The number of benzene rings is 1. The van der Waals surface area contributed by atoms with Gasteiger partial charge < -0.3 is 9.64 Å². The van der Waals surface area contributed by atoms with Crippen molar-refractivity contribution in [2.24, 2.45) is 0 Å². The minimum absolute atomic E-state index is 0.0674. The Morgan fingerprint density at radius 1 is 1.09 bits per heavy atom. The topological polar surface area (TPSA) is 116 Å². The highest BCUT2D eigenvalue weighted by Crippen LogP contribution is 2.24. The Kier molecular flexibility index (Phi) is 4.36. The largest absolute Gasteiger partial charge is 0.372 e. The van der Waals surface area contributed by atoms with Crippen molar-refractivity contribution in [1.82, 2.24) is 4.90 Å². The van der Waals surface area contributed by atoms with E-state index in [0.717, 1.165) is 18.2 Å². The molecule has 9 heteroatoms. The van der Waals surface area contributed by atoms with Crippen LogP contribution in [-0.2, 0) is 4.74 Å². The zero-order valence-corrected chi connectivity index (χ0v) is 12.1. The number of nitro benzene ring substituents is 2. The van der Waals surface area contributed by atoms with E-state index < -0.39 is 27.1 Å². The van der Waals surface area contributed by atoms with Crippen LogP contribution in [0, 0.1) is 20.2 Å². The molecule has 0 saturated carbocycles. The monoisotopic (exact) mass is 309 g/mol. The van der Waals surface area contributed by atoms with E-state index in [0.29, 0.717) is 13.1 Å². The van der Waals surface area contributed by atoms with Crippen molar-refractivity contribution >= 4 is 17.3 Å². The van der Waals surface area contributed by atoms with Crippen LogP contribution in [0.15, 0.2) is 18.2 Å². The number of carbonyl (C=O) groups excluding carboxylic acids is 1. The highest BCUT2D eigenvalue weighted by molar-refractivity contribution is 5.95. The van der Waals surface area contributed by atoms with E-state index in [2.05, 4.69) is 0 Å². The summed E-state index contributed by atoms with van der Waals surface area (Å²) < 4.78 is 5.52. The van der Waals surface area contributed by atoms with Crippen LogP contribution in [0.1, 0.15) is 24.2 Å². The second-order valence-electron chi connectivity index (χ2n) is 5.22. The summed E-state index contributed by atoms with van der Waals surface area (Å²) in [5, 5.41) is 21.7. The molecule has 0 bridgehead atoms. The van der Waals surface area contributed by atoms with Crippen LogP contribution in [-0.4, -0.2) is 46.0 Å². The van der Waals surface area contributed by atoms with Gasteiger partial charge in [0.2, 0.25) is 0 Å². The summed E-state index contributed by atoms with van der Waals surface area (Å²) in [4.78, 5) is 34.2. The normalized spacial score (nSPS) is 21.5. The molecular formula is C13H15N3O6. The Morgan fingerprint density at radius 3 is 1.95 bits per heavy atom. The maximum absolute atomic E-state index is 12.5. The summed E-state index contributed by atoms with van der Waals surface area (Å²) >= 11 is 0. The highest BCUT2D eigenvalue weighted by atomic mass is 16.6. The molecule has 118 valence electrons. The van der Waals surface area contributed by atoms with Crippen LogP contribution in [0.2, 0.25) is 0 Å². The van der Waals surface area contributed by atoms with Gasteiger partial charge in [-0.15, -0.1) is 0 Å². The van der Waals surface area contributed by atoms with Crippen molar-refractivity contribution in [3.63, 3.8) is 0 Å². The van der Waals surface area contributed by atoms with Gasteiger partial charge in [-0.05, 0) is 13.8 Å². The number of rotatable bonds is 3. The lowest BCUT2D eigenvalue weighted by Crippen LogP contribution is -2.48. The van der Waals surface area contributed by atoms with Crippen LogP contribution >= 0.6 is 0 Å². The Hall–Kier alpha value is -2.55. The third-order valence-electron chi connectivity index (χ3n) is 3.28. The second kappa shape index (κ2) is 6.06. The first-order valence-corrected chi connectivity index (χ1v) is 6.66. The van der Waals surface area contributed by atoms with Gasteiger partial charge in [-0.2, -0.15) is 0 Å². The Bertz CT molecular complexity index is 590. The SMILES string of the molecule is C[C@@H]1CN(C(=O)c2cc([N+](=O)[O-])cc([N+](=O)[O-])c2)C[C@H](C)O1. The number of non-ortho nitro benzene ring substituents is 2. The number of nitro groups is 2. The van der Waals surface area contributed by atoms with Gasteiger partial charge in [-0.25, -0.2) is 0 Å². The maximum atomic E-state index is 12.5. The molecule has 1 saturated heterocycles. The van der Waals surface area contributed by atoms with Crippen LogP contribution < -0.4 is 0 Å². The summed E-state index contributed by atoms with van der Waals surface area (Å²) in [6.07, 6.45) is -0.331. The van der Waals surface area contributed by atoms with Crippen molar-refractivity contribution in [3.8, 4) is 0 Å². The molecule has 22 heavy (non-hydrogen) atoms. The van der Waals surface area contributed by atoms with Gasteiger partial charge >= 0.3 is 0 Å². The van der Waals surface area contributed by atoms with Crippen molar-refractivity contribution in [1.29, 1.82) is 0 Å². The predicted octanol–water partition coefficient (Wildman–Crippen LogP) is 1.75. The van der Waals surface area contributed by atoms with E-state index in [1.807, 2.05) is 13.8 Å². The fraction of sp³-hybridized carbons (Fsp3) is 0.462. The molecule has 1 heterocycles. The molecule has 1 aliphatic heterocycles. The molecule has 1 fully saturated rings. The molecule has 0 aromatic heterocycles. The quantitative estimate of drug-likeness (QED) is 0.620.